The monoisotopic (exact) mass is 238 g/mol. The number of nitrogens with zero attached hydrogens (tertiary/aromatic N) is 3. The standard InChI is InChI=1S/C9H10N4S2/c1-10-4-7-2-3-8(11-5-7)15-9-13-12-6-14-9/h2-3,5-6,10H,4H2,1H3. The molecule has 0 aliphatic carbocycles. The Hall–Kier alpha value is -0.980. The average Bonchev–Trinajstić information content (AvgIpc) is 2.74. The number of pyridine rings is 1. The molecule has 2 aromatic rings. The van der Waals surface area contributed by atoms with Gasteiger partial charge < -0.3 is 5.32 Å². The second-order valence-corrected chi connectivity index (χ2v) is 4.94. The molecule has 0 fully saturated rings. The van der Waals surface area contributed by atoms with Crippen molar-refractivity contribution in [2.75, 3.05) is 7.05 Å². The van der Waals surface area contributed by atoms with Crippen molar-refractivity contribution in [3.63, 3.8) is 0 Å². The Labute approximate surface area is 96.2 Å². The van der Waals surface area contributed by atoms with Crippen molar-refractivity contribution >= 4 is 23.1 Å². The molecular formula is C9H10N4S2. The Morgan fingerprint density at radius 1 is 1.47 bits per heavy atom. The summed E-state index contributed by atoms with van der Waals surface area (Å²) in [7, 11) is 1.92. The number of nitrogens with one attached hydrogen (secondary N) is 1. The zero-order valence-corrected chi connectivity index (χ0v) is 9.81. The molecule has 4 nitrogen and oxygen atoms in total. The van der Waals surface area contributed by atoms with E-state index in [4.69, 9.17) is 0 Å². The topological polar surface area (TPSA) is 50.7 Å². The van der Waals surface area contributed by atoms with Crippen molar-refractivity contribution in [3.8, 4) is 0 Å². The van der Waals surface area contributed by atoms with Gasteiger partial charge in [-0.15, -0.1) is 10.2 Å². The van der Waals surface area contributed by atoms with Crippen molar-refractivity contribution in [1.82, 2.24) is 20.5 Å². The van der Waals surface area contributed by atoms with E-state index in [1.165, 1.54) is 28.7 Å². The molecule has 0 saturated heterocycles. The van der Waals surface area contributed by atoms with Crippen LogP contribution in [0.2, 0.25) is 0 Å². The van der Waals surface area contributed by atoms with Gasteiger partial charge in [0.1, 0.15) is 10.5 Å². The maximum atomic E-state index is 4.33. The van der Waals surface area contributed by atoms with Crippen LogP contribution in [0.3, 0.4) is 0 Å². The fourth-order valence-corrected chi connectivity index (χ4v) is 2.44. The number of rotatable bonds is 4. The third kappa shape index (κ3) is 2.98. The Morgan fingerprint density at radius 2 is 2.40 bits per heavy atom. The highest BCUT2D eigenvalue weighted by atomic mass is 32.2. The van der Waals surface area contributed by atoms with Gasteiger partial charge in [-0.1, -0.05) is 17.4 Å². The van der Waals surface area contributed by atoms with Gasteiger partial charge in [0.15, 0.2) is 4.34 Å². The predicted octanol–water partition coefficient (Wildman–Crippen LogP) is 1.80. The van der Waals surface area contributed by atoms with Gasteiger partial charge in [-0.05, 0) is 30.4 Å². The normalized spacial score (nSPS) is 10.5. The molecule has 0 aliphatic heterocycles. The largest absolute Gasteiger partial charge is 0.316 e. The van der Waals surface area contributed by atoms with E-state index in [-0.39, 0.29) is 0 Å². The highest BCUT2D eigenvalue weighted by molar-refractivity contribution is 8.00. The molecule has 0 unspecified atom stereocenters. The van der Waals surface area contributed by atoms with Crippen LogP contribution >= 0.6 is 23.1 Å². The minimum absolute atomic E-state index is 0.844. The van der Waals surface area contributed by atoms with E-state index in [2.05, 4.69) is 26.6 Å². The van der Waals surface area contributed by atoms with Gasteiger partial charge in [0, 0.05) is 12.7 Å². The Kier molecular flexibility index (Phi) is 3.65. The van der Waals surface area contributed by atoms with Gasteiger partial charge in [0.2, 0.25) is 0 Å². The lowest BCUT2D eigenvalue weighted by atomic mass is 10.3. The zero-order valence-electron chi connectivity index (χ0n) is 8.17. The van der Waals surface area contributed by atoms with E-state index in [1.54, 1.807) is 5.51 Å². The lowest BCUT2D eigenvalue weighted by molar-refractivity contribution is 0.809. The summed E-state index contributed by atoms with van der Waals surface area (Å²) in [6, 6.07) is 4.06. The minimum atomic E-state index is 0.844. The summed E-state index contributed by atoms with van der Waals surface area (Å²) in [5.74, 6) is 0. The predicted molar refractivity (Wildman–Crippen MR) is 61.0 cm³/mol. The van der Waals surface area contributed by atoms with Gasteiger partial charge in [0.25, 0.3) is 0 Å². The first-order valence-corrected chi connectivity index (χ1v) is 6.11. The van der Waals surface area contributed by atoms with Crippen LogP contribution in [0.15, 0.2) is 33.2 Å². The molecule has 6 heteroatoms. The van der Waals surface area contributed by atoms with Gasteiger partial charge in [-0.25, -0.2) is 4.98 Å². The molecule has 0 radical (unpaired) electrons. The molecule has 2 aromatic heterocycles. The summed E-state index contributed by atoms with van der Waals surface area (Å²) < 4.78 is 0.920. The third-order valence-electron chi connectivity index (χ3n) is 1.71. The summed E-state index contributed by atoms with van der Waals surface area (Å²) in [4.78, 5) is 4.33. The van der Waals surface area contributed by atoms with Crippen LogP contribution in [0.25, 0.3) is 0 Å². The number of hydrogen-bond donors (Lipinski definition) is 1. The van der Waals surface area contributed by atoms with E-state index in [0.29, 0.717) is 0 Å². The summed E-state index contributed by atoms with van der Waals surface area (Å²) in [6.07, 6.45) is 1.87. The first-order chi connectivity index (χ1) is 7.38. The molecule has 0 atom stereocenters. The quantitative estimate of drug-likeness (QED) is 0.880. The fraction of sp³-hybridized carbons (Fsp3) is 0.222. The first kappa shape index (κ1) is 10.5. The SMILES string of the molecule is CNCc1ccc(Sc2nncs2)nc1. The first-order valence-electron chi connectivity index (χ1n) is 4.42. The molecule has 0 amide bonds. The van der Waals surface area contributed by atoms with Crippen LogP contribution in [-0.2, 0) is 6.54 Å². The lowest BCUT2D eigenvalue weighted by Gasteiger charge is -2.00. The molecule has 15 heavy (non-hydrogen) atoms. The zero-order chi connectivity index (χ0) is 10.5. The molecular weight excluding hydrogens is 228 g/mol. The molecule has 2 heterocycles. The van der Waals surface area contributed by atoms with Gasteiger partial charge >= 0.3 is 0 Å². The second kappa shape index (κ2) is 5.20. The fourth-order valence-electron chi connectivity index (χ4n) is 1.08. The van der Waals surface area contributed by atoms with Crippen LogP contribution in [0.5, 0.6) is 0 Å². The summed E-state index contributed by atoms with van der Waals surface area (Å²) in [6.45, 7) is 0.844. The van der Waals surface area contributed by atoms with Crippen molar-refractivity contribution in [2.24, 2.45) is 0 Å². The molecule has 78 valence electrons. The third-order valence-corrected chi connectivity index (χ3v) is 3.44. The highest BCUT2D eigenvalue weighted by Crippen LogP contribution is 2.26. The minimum Gasteiger partial charge on any atom is -0.316 e. The molecule has 0 spiro atoms. The molecule has 0 aliphatic rings. The maximum absolute atomic E-state index is 4.33. The van der Waals surface area contributed by atoms with Crippen molar-refractivity contribution in [1.29, 1.82) is 0 Å². The van der Waals surface area contributed by atoms with E-state index in [1.807, 2.05) is 19.3 Å². The number of hydrogen-bond acceptors (Lipinski definition) is 6. The highest BCUT2D eigenvalue weighted by Gasteiger charge is 2.01. The Morgan fingerprint density at radius 3 is 3.00 bits per heavy atom. The molecule has 0 bridgehead atoms. The van der Waals surface area contributed by atoms with E-state index >= 15 is 0 Å². The van der Waals surface area contributed by atoms with Crippen LogP contribution in [0.4, 0.5) is 0 Å². The smallest absolute Gasteiger partial charge is 0.180 e. The van der Waals surface area contributed by atoms with Crippen LogP contribution in [0, 0.1) is 0 Å². The van der Waals surface area contributed by atoms with Crippen LogP contribution < -0.4 is 5.32 Å². The summed E-state index contributed by atoms with van der Waals surface area (Å²) in [5.41, 5.74) is 2.90. The van der Waals surface area contributed by atoms with Crippen LogP contribution in [-0.4, -0.2) is 22.2 Å². The van der Waals surface area contributed by atoms with Crippen molar-refractivity contribution in [2.45, 2.75) is 15.9 Å². The lowest BCUT2D eigenvalue weighted by Crippen LogP contribution is -2.04. The molecule has 2 rings (SSSR count). The van der Waals surface area contributed by atoms with Crippen molar-refractivity contribution < 1.29 is 0 Å². The summed E-state index contributed by atoms with van der Waals surface area (Å²) >= 11 is 3.06. The Bertz CT molecular complexity index is 399. The van der Waals surface area contributed by atoms with E-state index in [9.17, 15) is 0 Å². The van der Waals surface area contributed by atoms with Gasteiger partial charge in [-0.3, -0.25) is 0 Å². The summed E-state index contributed by atoms with van der Waals surface area (Å²) in [5, 5.41) is 11.8. The maximum Gasteiger partial charge on any atom is 0.180 e. The average molecular weight is 238 g/mol. The second-order valence-electron chi connectivity index (χ2n) is 2.84. The van der Waals surface area contributed by atoms with E-state index < -0.39 is 0 Å². The van der Waals surface area contributed by atoms with Crippen LogP contribution in [0.1, 0.15) is 5.56 Å². The van der Waals surface area contributed by atoms with Gasteiger partial charge in [-0.2, -0.15) is 0 Å². The Balaban J connectivity index is 2.04. The molecule has 0 saturated carbocycles. The van der Waals surface area contributed by atoms with E-state index in [0.717, 1.165) is 15.9 Å². The number of aromatic nitrogens is 3. The van der Waals surface area contributed by atoms with Crippen molar-refractivity contribution in [3.05, 3.63) is 29.4 Å². The molecule has 0 aromatic carbocycles. The van der Waals surface area contributed by atoms with Gasteiger partial charge in [0.05, 0.1) is 0 Å². The molecule has 1 N–H and O–H groups in total.